The summed E-state index contributed by atoms with van der Waals surface area (Å²) in [5.74, 6) is 0. The molecule has 0 radical (unpaired) electrons. The van der Waals surface area contributed by atoms with E-state index in [0.29, 0.717) is 6.54 Å². The molecule has 0 unspecified atom stereocenters. The van der Waals surface area contributed by atoms with Gasteiger partial charge in [0.1, 0.15) is 5.52 Å². The summed E-state index contributed by atoms with van der Waals surface area (Å²) in [4.78, 5) is 17.9. The molecule has 0 fully saturated rings. The van der Waals surface area contributed by atoms with Crippen molar-refractivity contribution in [2.24, 2.45) is 0 Å². The summed E-state index contributed by atoms with van der Waals surface area (Å²) in [6.45, 7) is 0.621. The minimum absolute atomic E-state index is 0.621. The van der Waals surface area contributed by atoms with Crippen molar-refractivity contribution in [3.63, 3.8) is 0 Å². The number of hydrogen-bond acceptors (Lipinski definition) is 5. The Morgan fingerprint density at radius 1 is 1.04 bits per heavy atom. The minimum Gasteiger partial charge on any atom is -0.379 e. The molecule has 0 spiro atoms. The molecule has 0 saturated carbocycles. The van der Waals surface area contributed by atoms with Crippen LogP contribution in [0.3, 0.4) is 0 Å². The lowest BCUT2D eigenvalue weighted by Crippen LogP contribution is -2.02. The van der Waals surface area contributed by atoms with E-state index in [1.165, 1.54) is 0 Å². The standard InChI is InChI=1S/C19H13ClN6/c20-13-3-1-2-12(8-13)9-23-17-14-10-21-5-4-15(14)24-19-18(17)25-16-11-22-6-7-26(16)19/h1-8,10-11H,9H2,(H,23,24). The number of nitrogens with zero attached hydrogens (tertiary/aromatic N) is 5. The van der Waals surface area contributed by atoms with Crippen LogP contribution in [0, 0.1) is 0 Å². The Morgan fingerprint density at radius 2 is 1.96 bits per heavy atom. The van der Waals surface area contributed by atoms with Gasteiger partial charge in [0, 0.05) is 41.7 Å². The molecule has 1 N–H and O–H groups in total. The third-order valence-electron chi connectivity index (χ3n) is 4.29. The van der Waals surface area contributed by atoms with Gasteiger partial charge in [-0.3, -0.25) is 14.4 Å². The molecule has 0 aliphatic rings. The van der Waals surface area contributed by atoms with E-state index in [0.717, 1.165) is 44.0 Å². The van der Waals surface area contributed by atoms with Crippen LogP contribution in [-0.2, 0) is 6.54 Å². The van der Waals surface area contributed by atoms with Crippen LogP contribution in [0.4, 0.5) is 5.69 Å². The Kier molecular flexibility index (Phi) is 3.43. The largest absolute Gasteiger partial charge is 0.379 e. The Hall–Kier alpha value is -3.25. The normalized spacial score (nSPS) is 11.4. The molecule has 5 aromatic rings. The van der Waals surface area contributed by atoms with E-state index in [1.807, 2.05) is 47.1 Å². The molecule has 7 heteroatoms. The van der Waals surface area contributed by atoms with Gasteiger partial charge in [0.15, 0.2) is 11.3 Å². The third-order valence-corrected chi connectivity index (χ3v) is 4.53. The maximum Gasteiger partial charge on any atom is 0.167 e. The number of halogens is 1. The van der Waals surface area contributed by atoms with E-state index in [-0.39, 0.29) is 0 Å². The van der Waals surface area contributed by atoms with E-state index >= 15 is 0 Å². The molecule has 26 heavy (non-hydrogen) atoms. The van der Waals surface area contributed by atoms with Crippen LogP contribution < -0.4 is 5.32 Å². The molecular weight excluding hydrogens is 348 g/mol. The van der Waals surface area contributed by atoms with Gasteiger partial charge in [-0.1, -0.05) is 23.7 Å². The zero-order valence-corrected chi connectivity index (χ0v) is 14.4. The average Bonchev–Trinajstić information content (AvgIpc) is 3.03. The van der Waals surface area contributed by atoms with E-state index in [9.17, 15) is 0 Å². The smallest absolute Gasteiger partial charge is 0.167 e. The predicted molar refractivity (Wildman–Crippen MR) is 102 cm³/mol. The fraction of sp³-hybridized carbons (Fsp3) is 0.0526. The lowest BCUT2D eigenvalue weighted by Gasteiger charge is -2.10. The zero-order valence-electron chi connectivity index (χ0n) is 13.6. The van der Waals surface area contributed by atoms with Crippen LogP contribution in [-0.4, -0.2) is 24.3 Å². The zero-order chi connectivity index (χ0) is 17.5. The van der Waals surface area contributed by atoms with E-state index in [2.05, 4.69) is 15.3 Å². The number of aromatic nitrogens is 5. The first-order valence-electron chi connectivity index (χ1n) is 8.13. The number of rotatable bonds is 3. The summed E-state index contributed by atoms with van der Waals surface area (Å²) in [5.41, 5.74) is 5.19. The second-order valence-corrected chi connectivity index (χ2v) is 6.39. The molecule has 0 aliphatic carbocycles. The molecule has 0 bridgehead atoms. The van der Waals surface area contributed by atoms with Gasteiger partial charge in [-0.25, -0.2) is 9.97 Å². The minimum atomic E-state index is 0.621. The lowest BCUT2D eigenvalue weighted by atomic mass is 10.2. The van der Waals surface area contributed by atoms with E-state index in [4.69, 9.17) is 21.6 Å². The molecule has 4 heterocycles. The summed E-state index contributed by atoms with van der Waals surface area (Å²) in [7, 11) is 0. The quantitative estimate of drug-likeness (QED) is 0.525. The van der Waals surface area contributed by atoms with E-state index in [1.54, 1.807) is 18.6 Å². The first-order valence-corrected chi connectivity index (χ1v) is 8.51. The maximum absolute atomic E-state index is 6.10. The number of nitrogens with one attached hydrogen (secondary N) is 1. The first-order chi connectivity index (χ1) is 12.8. The number of fused-ring (bicyclic) bond motifs is 4. The number of hydrogen-bond donors (Lipinski definition) is 1. The van der Waals surface area contributed by atoms with Gasteiger partial charge >= 0.3 is 0 Å². The molecule has 1 aromatic carbocycles. The second-order valence-electron chi connectivity index (χ2n) is 5.95. The third kappa shape index (κ3) is 2.43. The Bertz CT molecular complexity index is 1260. The fourth-order valence-electron chi connectivity index (χ4n) is 3.10. The van der Waals surface area contributed by atoms with Crippen LogP contribution in [0.25, 0.3) is 27.7 Å². The topological polar surface area (TPSA) is 68.0 Å². The highest BCUT2D eigenvalue weighted by Crippen LogP contribution is 2.30. The van der Waals surface area contributed by atoms with Crippen LogP contribution >= 0.6 is 11.6 Å². The van der Waals surface area contributed by atoms with Gasteiger partial charge in [-0.05, 0) is 23.8 Å². The molecule has 0 aliphatic heterocycles. The molecule has 126 valence electrons. The van der Waals surface area contributed by atoms with Crippen LogP contribution in [0.1, 0.15) is 5.56 Å². The van der Waals surface area contributed by atoms with Gasteiger partial charge in [-0.15, -0.1) is 0 Å². The summed E-state index contributed by atoms with van der Waals surface area (Å²) >= 11 is 6.10. The Morgan fingerprint density at radius 3 is 2.88 bits per heavy atom. The number of anilines is 1. The predicted octanol–water partition coefficient (Wildman–Crippen LogP) is 4.09. The number of benzene rings is 1. The SMILES string of the molecule is Clc1cccc(CNc2c3cnccc3nc3c2nc2cnccn23)c1. The maximum atomic E-state index is 6.10. The van der Waals surface area contributed by atoms with Crippen LogP contribution in [0.2, 0.25) is 5.02 Å². The number of pyridine rings is 2. The van der Waals surface area contributed by atoms with Gasteiger partial charge in [0.05, 0.1) is 17.4 Å². The summed E-state index contributed by atoms with van der Waals surface area (Å²) in [5, 5.41) is 5.15. The highest BCUT2D eigenvalue weighted by atomic mass is 35.5. The molecule has 5 rings (SSSR count). The molecule has 0 atom stereocenters. The fourth-order valence-corrected chi connectivity index (χ4v) is 3.32. The van der Waals surface area contributed by atoms with Crippen LogP contribution in [0.5, 0.6) is 0 Å². The van der Waals surface area contributed by atoms with Crippen molar-refractivity contribution in [2.45, 2.75) is 6.54 Å². The van der Waals surface area contributed by atoms with Crippen molar-refractivity contribution in [3.8, 4) is 0 Å². The van der Waals surface area contributed by atoms with E-state index < -0.39 is 0 Å². The second kappa shape index (κ2) is 5.93. The summed E-state index contributed by atoms with van der Waals surface area (Å²) in [6.07, 6.45) is 8.87. The molecule has 0 saturated heterocycles. The van der Waals surface area contributed by atoms with Crippen molar-refractivity contribution in [1.29, 1.82) is 0 Å². The molecule has 4 aromatic heterocycles. The van der Waals surface area contributed by atoms with Crippen molar-refractivity contribution < 1.29 is 0 Å². The highest BCUT2D eigenvalue weighted by molar-refractivity contribution is 6.30. The van der Waals surface area contributed by atoms with Crippen molar-refractivity contribution in [2.75, 3.05) is 5.32 Å². The Balaban J connectivity index is 1.72. The highest BCUT2D eigenvalue weighted by Gasteiger charge is 2.15. The van der Waals surface area contributed by atoms with Gasteiger partial charge in [0.25, 0.3) is 0 Å². The number of imidazole rings is 1. The van der Waals surface area contributed by atoms with Gasteiger partial charge in [-0.2, -0.15) is 0 Å². The van der Waals surface area contributed by atoms with Gasteiger partial charge < -0.3 is 5.32 Å². The average molecular weight is 361 g/mol. The Labute approximate surface area is 153 Å². The monoisotopic (exact) mass is 360 g/mol. The van der Waals surface area contributed by atoms with Crippen LogP contribution in [0.15, 0.2) is 61.3 Å². The molecule has 0 amide bonds. The first kappa shape index (κ1) is 15.0. The summed E-state index contributed by atoms with van der Waals surface area (Å²) in [6, 6.07) is 9.69. The lowest BCUT2D eigenvalue weighted by molar-refractivity contribution is 1.13. The van der Waals surface area contributed by atoms with Crippen molar-refractivity contribution >= 4 is 45.0 Å². The molecule has 6 nitrogen and oxygen atoms in total. The van der Waals surface area contributed by atoms with Crippen molar-refractivity contribution in [1.82, 2.24) is 24.3 Å². The summed E-state index contributed by atoms with van der Waals surface area (Å²) < 4.78 is 1.94. The van der Waals surface area contributed by atoms with Gasteiger partial charge in [0.2, 0.25) is 0 Å². The molecular formula is C19H13ClN6. The van der Waals surface area contributed by atoms with Crippen molar-refractivity contribution in [3.05, 3.63) is 71.9 Å².